The second-order valence-corrected chi connectivity index (χ2v) is 7.65. The standard InChI is InChI=1S/C18H21N5S2.HI/c1-13-10-21-16(25-13)8-9-20-18(19-2)22-11-15-12-24-17(23-15)14-6-4-3-5-7-14;/h3-7,10,12H,8-9,11H2,1-2H3,(H2,19,20,22);1H. The first-order valence-corrected chi connectivity index (χ1v) is 9.80. The first-order chi connectivity index (χ1) is 12.2. The van der Waals surface area contributed by atoms with E-state index in [0.29, 0.717) is 6.54 Å². The Bertz CT molecular complexity index is 829. The molecule has 2 aromatic heterocycles. The van der Waals surface area contributed by atoms with Gasteiger partial charge in [-0.2, -0.15) is 0 Å². The van der Waals surface area contributed by atoms with Crippen LogP contribution in [0.3, 0.4) is 0 Å². The molecule has 0 spiro atoms. The van der Waals surface area contributed by atoms with Gasteiger partial charge in [-0.25, -0.2) is 9.97 Å². The Morgan fingerprint density at radius 1 is 1.19 bits per heavy atom. The second kappa shape index (κ2) is 10.6. The molecule has 0 fully saturated rings. The fraction of sp³-hybridized carbons (Fsp3) is 0.278. The SMILES string of the molecule is CN=C(NCCc1ncc(C)s1)NCc1csc(-c2ccccc2)n1.I. The van der Waals surface area contributed by atoms with Crippen LogP contribution in [0.2, 0.25) is 0 Å². The van der Waals surface area contributed by atoms with Gasteiger partial charge in [-0.3, -0.25) is 4.99 Å². The van der Waals surface area contributed by atoms with E-state index in [4.69, 9.17) is 0 Å². The summed E-state index contributed by atoms with van der Waals surface area (Å²) < 4.78 is 0. The lowest BCUT2D eigenvalue weighted by molar-refractivity contribution is 0.784. The van der Waals surface area contributed by atoms with Crippen molar-refractivity contribution in [3.05, 3.63) is 57.5 Å². The second-order valence-electron chi connectivity index (χ2n) is 5.48. The van der Waals surface area contributed by atoms with Gasteiger partial charge in [0, 0.05) is 42.0 Å². The molecule has 1 aromatic carbocycles. The maximum absolute atomic E-state index is 4.68. The number of rotatable bonds is 6. The summed E-state index contributed by atoms with van der Waals surface area (Å²) in [4.78, 5) is 14.6. The van der Waals surface area contributed by atoms with Crippen molar-refractivity contribution in [2.75, 3.05) is 13.6 Å². The molecule has 3 aromatic rings. The number of aryl methyl sites for hydroxylation is 1. The van der Waals surface area contributed by atoms with E-state index in [1.54, 1.807) is 29.7 Å². The Kier molecular flexibility index (Phi) is 8.46. The van der Waals surface area contributed by atoms with Gasteiger partial charge in [0.25, 0.3) is 0 Å². The number of hydrogen-bond acceptors (Lipinski definition) is 5. The highest BCUT2D eigenvalue weighted by Crippen LogP contribution is 2.23. The lowest BCUT2D eigenvalue weighted by atomic mass is 10.2. The van der Waals surface area contributed by atoms with Gasteiger partial charge in [0.2, 0.25) is 0 Å². The predicted octanol–water partition coefficient (Wildman–Crippen LogP) is 4.10. The van der Waals surface area contributed by atoms with Gasteiger partial charge in [-0.15, -0.1) is 46.7 Å². The Hall–Kier alpha value is -1.52. The third kappa shape index (κ3) is 6.03. The molecule has 26 heavy (non-hydrogen) atoms. The largest absolute Gasteiger partial charge is 0.356 e. The zero-order chi connectivity index (χ0) is 17.5. The van der Waals surface area contributed by atoms with Crippen LogP contribution in [0.1, 0.15) is 15.6 Å². The molecule has 0 unspecified atom stereocenters. The van der Waals surface area contributed by atoms with Crippen LogP contribution in [0.5, 0.6) is 0 Å². The summed E-state index contributed by atoms with van der Waals surface area (Å²) in [5.41, 5.74) is 2.17. The topological polar surface area (TPSA) is 62.2 Å². The molecule has 2 N–H and O–H groups in total. The number of hydrogen-bond donors (Lipinski definition) is 2. The predicted molar refractivity (Wildman–Crippen MR) is 122 cm³/mol. The van der Waals surface area contributed by atoms with Crippen molar-refractivity contribution >= 4 is 52.6 Å². The van der Waals surface area contributed by atoms with Gasteiger partial charge >= 0.3 is 0 Å². The third-order valence-corrected chi connectivity index (χ3v) is 5.45. The first kappa shape index (κ1) is 20.8. The number of thiazole rings is 2. The highest BCUT2D eigenvalue weighted by Gasteiger charge is 2.05. The van der Waals surface area contributed by atoms with Gasteiger partial charge in [0.05, 0.1) is 17.2 Å². The number of benzene rings is 1. The molecule has 0 aliphatic heterocycles. The van der Waals surface area contributed by atoms with Crippen LogP contribution in [-0.2, 0) is 13.0 Å². The monoisotopic (exact) mass is 499 g/mol. The molecule has 0 saturated heterocycles. The van der Waals surface area contributed by atoms with E-state index in [9.17, 15) is 0 Å². The van der Waals surface area contributed by atoms with Crippen LogP contribution in [0.25, 0.3) is 10.6 Å². The fourth-order valence-electron chi connectivity index (χ4n) is 2.30. The summed E-state index contributed by atoms with van der Waals surface area (Å²) in [6.45, 7) is 3.53. The van der Waals surface area contributed by atoms with Crippen molar-refractivity contribution < 1.29 is 0 Å². The summed E-state index contributed by atoms with van der Waals surface area (Å²) in [6.07, 6.45) is 2.81. The minimum absolute atomic E-state index is 0. The molecule has 3 rings (SSSR count). The first-order valence-electron chi connectivity index (χ1n) is 8.10. The highest BCUT2D eigenvalue weighted by molar-refractivity contribution is 14.0. The molecule has 0 amide bonds. The maximum atomic E-state index is 4.68. The molecule has 0 aliphatic rings. The van der Waals surface area contributed by atoms with Crippen molar-refractivity contribution in [3.8, 4) is 10.6 Å². The molecule has 8 heteroatoms. The van der Waals surface area contributed by atoms with Crippen molar-refractivity contribution in [2.45, 2.75) is 19.9 Å². The summed E-state index contributed by atoms with van der Waals surface area (Å²) in [5, 5.41) is 10.9. The third-order valence-electron chi connectivity index (χ3n) is 3.53. The fourth-order valence-corrected chi connectivity index (χ4v) is 3.91. The molecule has 2 heterocycles. The quantitative estimate of drug-likeness (QED) is 0.305. The van der Waals surface area contributed by atoms with Crippen LogP contribution in [0, 0.1) is 6.92 Å². The summed E-state index contributed by atoms with van der Waals surface area (Å²) in [6, 6.07) is 10.2. The van der Waals surface area contributed by atoms with E-state index >= 15 is 0 Å². The molecule has 5 nitrogen and oxygen atoms in total. The highest BCUT2D eigenvalue weighted by atomic mass is 127. The molecule has 0 atom stereocenters. The number of nitrogens with zero attached hydrogens (tertiary/aromatic N) is 3. The zero-order valence-corrected chi connectivity index (χ0v) is 18.7. The van der Waals surface area contributed by atoms with Gasteiger partial charge in [0.1, 0.15) is 5.01 Å². The number of guanidine groups is 1. The lowest BCUT2D eigenvalue weighted by Crippen LogP contribution is -2.37. The van der Waals surface area contributed by atoms with Crippen LogP contribution >= 0.6 is 46.7 Å². The number of aromatic nitrogens is 2. The van der Waals surface area contributed by atoms with Crippen molar-refractivity contribution in [1.29, 1.82) is 0 Å². The van der Waals surface area contributed by atoms with E-state index in [1.165, 1.54) is 4.88 Å². The number of nitrogens with one attached hydrogen (secondary N) is 2. The number of halogens is 1. The molecule has 0 bridgehead atoms. The van der Waals surface area contributed by atoms with Gasteiger partial charge in [0.15, 0.2) is 5.96 Å². The van der Waals surface area contributed by atoms with E-state index in [1.807, 2.05) is 24.4 Å². The molecule has 0 saturated carbocycles. The summed E-state index contributed by atoms with van der Waals surface area (Å²) >= 11 is 3.40. The maximum Gasteiger partial charge on any atom is 0.191 e. The Morgan fingerprint density at radius 3 is 2.69 bits per heavy atom. The molecule has 138 valence electrons. The van der Waals surface area contributed by atoms with Crippen LogP contribution in [0.4, 0.5) is 0 Å². The zero-order valence-electron chi connectivity index (χ0n) is 14.7. The lowest BCUT2D eigenvalue weighted by Gasteiger charge is -2.10. The molecule has 0 aliphatic carbocycles. The molecule has 0 radical (unpaired) electrons. The normalized spacial score (nSPS) is 11.1. The minimum atomic E-state index is 0. The van der Waals surface area contributed by atoms with Crippen LogP contribution < -0.4 is 10.6 Å². The van der Waals surface area contributed by atoms with Crippen molar-refractivity contribution in [2.24, 2.45) is 4.99 Å². The molecular formula is C18H22IN5S2. The summed E-state index contributed by atoms with van der Waals surface area (Å²) in [5.74, 6) is 0.780. The van der Waals surface area contributed by atoms with Crippen molar-refractivity contribution in [1.82, 2.24) is 20.6 Å². The summed E-state index contributed by atoms with van der Waals surface area (Å²) in [7, 11) is 1.78. The average Bonchev–Trinajstić information content (AvgIpc) is 3.28. The smallest absolute Gasteiger partial charge is 0.191 e. The Morgan fingerprint density at radius 2 is 2.00 bits per heavy atom. The van der Waals surface area contributed by atoms with Gasteiger partial charge in [-0.1, -0.05) is 30.3 Å². The van der Waals surface area contributed by atoms with Crippen LogP contribution in [-0.4, -0.2) is 29.5 Å². The van der Waals surface area contributed by atoms with Crippen molar-refractivity contribution in [3.63, 3.8) is 0 Å². The van der Waals surface area contributed by atoms with E-state index in [0.717, 1.165) is 40.2 Å². The Labute approximate surface area is 179 Å². The minimum Gasteiger partial charge on any atom is -0.356 e. The average molecular weight is 499 g/mol. The van der Waals surface area contributed by atoms with E-state index in [2.05, 4.69) is 50.0 Å². The van der Waals surface area contributed by atoms with Gasteiger partial charge < -0.3 is 10.6 Å². The van der Waals surface area contributed by atoms with E-state index in [-0.39, 0.29) is 24.0 Å². The number of aliphatic imine (C=N–C) groups is 1. The Balaban J connectivity index is 0.00000243. The van der Waals surface area contributed by atoms with Crippen LogP contribution in [0.15, 0.2) is 46.9 Å². The van der Waals surface area contributed by atoms with Gasteiger partial charge in [-0.05, 0) is 6.92 Å². The van der Waals surface area contributed by atoms with E-state index < -0.39 is 0 Å². The molecular weight excluding hydrogens is 477 g/mol.